The number of anilines is 2. The van der Waals surface area contributed by atoms with Crippen LogP contribution in [0.2, 0.25) is 0 Å². The number of amides is 2. The molecule has 184 valence electrons. The molecule has 1 aliphatic heterocycles. The van der Waals surface area contributed by atoms with Crippen LogP contribution in [0.4, 0.5) is 11.4 Å². The topological polar surface area (TPSA) is 117 Å². The van der Waals surface area contributed by atoms with Gasteiger partial charge in [-0.3, -0.25) is 14.2 Å². The minimum absolute atomic E-state index is 0.000908. The normalized spacial score (nSPS) is 21.8. The summed E-state index contributed by atoms with van der Waals surface area (Å²) in [5.41, 5.74) is 3.56. The molecule has 1 saturated heterocycles. The van der Waals surface area contributed by atoms with Gasteiger partial charge in [0.2, 0.25) is 11.8 Å². The molecule has 3 aromatic rings. The summed E-state index contributed by atoms with van der Waals surface area (Å²) in [6.45, 7) is 2.80. The molecule has 35 heavy (non-hydrogen) atoms. The van der Waals surface area contributed by atoms with Gasteiger partial charge in [0.1, 0.15) is 5.75 Å². The maximum atomic E-state index is 12.9. The van der Waals surface area contributed by atoms with Crippen molar-refractivity contribution in [3.05, 3.63) is 52.4 Å². The van der Waals surface area contributed by atoms with Gasteiger partial charge in [-0.05, 0) is 69.3 Å². The summed E-state index contributed by atoms with van der Waals surface area (Å²) in [5, 5.41) is 9.04. The highest BCUT2D eigenvalue weighted by molar-refractivity contribution is 6.02. The van der Waals surface area contributed by atoms with Crippen LogP contribution in [0.15, 0.2) is 41.2 Å². The van der Waals surface area contributed by atoms with E-state index >= 15 is 0 Å². The van der Waals surface area contributed by atoms with Crippen LogP contribution in [0.3, 0.4) is 0 Å². The predicted octanol–water partition coefficient (Wildman–Crippen LogP) is 3.32. The standard InChI is InChI=1S/C26H31N5O4/c1-15-6-9-17(14-22(15)35-2)28-24(32)16-7-10-18(11-8-16)31-21-5-3-4-19(23(21)30-26(31)34)29-25(33)20-12-13-27-20/h3-6,9,14,16,18,20,27H,7-8,10-13H2,1-2H3,(H,28,32)(H,29,33)(H,30,34)/t16?,18?,20-/m0/s1. The van der Waals surface area contributed by atoms with Crippen molar-refractivity contribution in [3.63, 3.8) is 0 Å². The van der Waals surface area contributed by atoms with E-state index in [-0.39, 0.29) is 35.5 Å². The number of benzene rings is 2. The van der Waals surface area contributed by atoms with Crippen molar-refractivity contribution in [3.8, 4) is 5.75 Å². The number of nitrogens with zero attached hydrogens (tertiary/aromatic N) is 1. The van der Waals surface area contributed by atoms with Crippen molar-refractivity contribution in [2.75, 3.05) is 24.3 Å². The number of aromatic amines is 1. The van der Waals surface area contributed by atoms with Gasteiger partial charge in [-0.1, -0.05) is 12.1 Å². The Hall–Kier alpha value is -3.59. The Morgan fingerprint density at radius 2 is 1.80 bits per heavy atom. The van der Waals surface area contributed by atoms with Crippen molar-refractivity contribution in [2.24, 2.45) is 5.92 Å². The largest absolute Gasteiger partial charge is 0.496 e. The molecule has 0 spiro atoms. The molecule has 1 aliphatic carbocycles. The van der Waals surface area contributed by atoms with E-state index in [9.17, 15) is 14.4 Å². The fraction of sp³-hybridized carbons (Fsp3) is 0.423. The number of fused-ring (bicyclic) bond motifs is 1. The van der Waals surface area contributed by atoms with E-state index in [1.165, 1.54) is 0 Å². The maximum Gasteiger partial charge on any atom is 0.326 e. The van der Waals surface area contributed by atoms with Gasteiger partial charge >= 0.3 is 5.69 Å². The van der Waals surface area contributed by atoms with E-state index in [1.54, 1.807) is 17.7 Å². The summed E-state index contributed by atoms with van der Waals surface area (Å²) in [6.07, 6.45) is 3.66. The maximum absolute atomic E-state index is 12.9. The second-order valence-corrected chi connectivity index (χ2v) is 9.46. The smallest absolute Gasteiger partial charge is 0.326 e. The third kappa shape index (κ3) is 4.55. The molecule has 9 heteroatoms. The molecular formula is C26H31N5O4. The van der Waals surface area contributed by atoms with Gasteiger partial charge in [0.05, 0.1) is 29.9 Å². The van der Waals surface area contributed by atoms with Crippen molar-refractivity contribution in [1.29, 1.82) is 0 Å². The first-order chi connectivity index (χ1) is 16.9. The zero-order chi connectivity index (χ0) is 24.5. The highest BCUT2D eigenvalue weighted by atomic mass is 16.5. The molecular weight excluding hydrogens is 446 g/mol. The Balaban J connectivity index is 1.27. The minimum Gasteiger partial charge on any atom is -0.496 e. The summed E-state index contributed by atoms with van der Waals surface area (Å²) >= 11 is 0. The Morgan fingerprint density at radius 3 is 2.49 bits per heavy atom. The van der Waals surface area contributed by atoms with Gasteiger partial charge in [0.15, 0.2) is 0 Å². The average Bonchev–Trinajstić information content (AvgIpc) is 3.16. The molecule has 2 amide bonds. The van der Waals surface area contributed by atoms with Gasteiger partial charge < -0.3 is 25.7 Å². The number of methoxy groups -OCH3 is 1. The molecule has 2 heterocycles. The number of imidazole rings is 1. The number of carbonyl (C=O) groups excluding carboxylic acids is 2. The van der Waals surface area contributed by atoms with Gasteiger partial charge in [0.25, 0.3) is 0 Å². The van der Waals surface area contributed by atoms with Gasteiger partial charge in [0, 0.05) is 23.7 Å². The monoisotopic (exact) mass is 477 g/mol. The zero-order valence-electron chi connectivity index (χ0n) is 20.0. The molecule has 5 rings (SSSR count). The second-order valence-electron chi connectivity index (χ2n) is 9.46. The number of rotatable bonds is 6. The first kappa shape index (κ1) is 23.2. The highest BCUT2D eigenvalue weighted by Gasteiger charge is 2.30. The van der Waals surface area contributed by atoms with Crippen LogP contribution < -0.4 is 26.4 Å². The minimum atomic E-state index is -0.192. The van der Waals surface area contributed by atoms with E-state index < -0.39 is 0 Å². The lowest BCUT2D eigenvalue weighted by atomic mass is 9.85. The third-order valence-corrected chi connectivity index (χ3v) is 7.26. The second kappa shape index (κ2) is 9.58. The van der Waals surface area contributed by atoms with Crippen LogP contribution in [-0.2, 0) is 9.59 Å². The molecule has 0 unspecified atom stereocenters. The van der Waals surface area contributed by atoms with Crippen LogP contribution in [0.25, 0.3) is 11.0 Å². The van der Waals surface area contributed by atoms with Crippen molar-refractivity contribution in [1.82, 2.24) is 14.9 Å². The molecule has 0 radical (unpaired) electrons. The van der Waals surface area contributed by atoms with Gasteiger partial charge in [-0.2, -0.15) is 0 Å². The van der Waals surface area contributed by atoms with E-state index in [0.717, 1.165) is 48.3 Å². The number of nitrogens with one attached hydrogen (secondary N) is 4. The fourth-order valence-electron chi connectivity index (χ4n) is 5.09. The molecule has 2 aliphatic rings. The van der Waals surface area contributed by atoms with E-state index in [2.05, 4.69) is 20.9 Å². The quantitative estimate of drug-likeness (QED) is 0.435. The van der Waals surface area contributed by atoms with Crippen LogP contribution in [0.5, 0.6) is 5.75 Å². The van der Waals surface area contributed by atoms with Crippen molar-refractivity contribution >= 4 is 34.2 Å². The van der Waals surface area contributed by atoms with Crippen LogP contribution in [0.1, 0.15) is 43.7 Å². The molecule has 1 aromatic heterocycles. The lowest BCUT2D eigenvalue weighted by Crippen LogP contribution is -2.50. The first-order valence-corrected chi connectivity index (χ1v) is 12.2. The number of carbonyl (C=O) groups is 2. The lowest BCUT2D eigenvalue weighted by Gasteiger charge is -2.28. The number of hydrogen-bond acceptors (Lipinski definition) is 5. The number of ether oxygens (including phenoxy) is 1. The number of para-hydroxylation sites is 1. The SMILES string of the molecule is COc1cc(NC(=O)C2CCC(n3c(=O)[nH]c4c(NC(=O)[C@@H]5CCN5)cccc43)CC2)ccc1C. The number of aryl methyl sites for hydroxylation is 1. The summed E-state index contributed by atoms with van der Waals surface area (Å²) < 4.78 is 7.13. The molecule has 0 bridgehead atoms. The Labute approximate surface area is 203 Å². The molecule has 1 saturated carbocycles. The molecule has 2 aromatic carbocycles. The number of aromatic nitrogens is 2. The Morgan fingerprint density at radius 1 is 1.03 bits per heavy atom. The van der Waals surface area contributed by atoms with E-state index in [4.69, 9.17) is 4.74 Å². The van der Waals surface area contributed by atoms with Crippen molar-refractivity contribution < 1.29 is 14.3 Å². The summed E-state index contributed by atoms with van der Waals surface area (Å²) in [7, 11) is 1.62. The van der Waals surface area contributed by atoms with Crippen LogP contribution in [-0.4, -0.2) is 41.1 Å². The zero-order valence-corrected chi connectivity index (χ0v) is 20.0. The molecule has 4 N–H and O–H groups in total. The molecule has 9 nitrogen and oxygen atoms in total. The predicted molar refractivity (Wildman–Crippen MR) is 135 cm³/mol. The third-order valence-electron chi connectivity index (χ3n) is 7.26. The van der Waals surface area contributed by atoms with E-state index in [1.807, 2.05) is 37.3 Å². The molecule has 2 fully saturated rings. The van der Waals surface area contributed by atoms with Crippen LogP contribution >= 0.6 is 0 Å². The van der Waals surface area contributed by atoms with Crippen molar-refractivity contribution in [2.45, 2.75) is 51.1 Å². The lowest BCUT2D eigenvalue weighted by molar-refractivity contribution is -0.121. The fourth-order valence-corrected chi connectivity index (χ4v) is 5.09. The summed E-state index contributed by atoms with van der Waals surface area (Å²) in [4.78, 5) is 41.1. The summed E-state index contributed by atoms with van der Waals surface area (Å²) in [5.74, 6) is 0.541. The Bertz CT molecular complexity index is 1320. The highest BCUT2D eigenvalue weighted by Crippen LogP contribution is 2.35. The molecule has 1 atom stereocenters. The average molecular weight is 478 g/mol. The van der Waals surface area contributed by atoms with Gasteiger partial charge in [-0.25, -0.2) is 4.79 Å². The first-order valence-electron chi connectivity index (χ1n) is 12.2. The number of hydrogen-bond donors (Lipinski definition) is 4. The number of H-pyrrole nitrogens is 1. The van der Waals surface area contributed by atoms with Gasteiger partial charge in [-0.15, -0.1) is 0 Å². The Kier molecular flexibility index (Phi) is 6.34. The van der Waals surface area contributed by atoms with Crippen LogP contribution in [0, 0.1) is 12.8 Å². The van der Waals surface area contributed by atoms with E-state index in [0.29, 0.717) is 24.0 Å². The summed E-state index contributed by atoms with van der Waals surface area (Å²) in [6, 6.07) is 11.0.